The van der Waals surface area contributed by atoms with Gasteiger partial charge in [-0.1, -0.05) is 13.0 Å². The number of carbonyl (C=O) groups excluding carboxylic acids is 1. The van der Waals surface area contributed by atoms with Gasteiger partial charge >= 0.3 is 0 Å². The lowest BCUT2D eigenvalue weighted by molar-refractivity contribution is -0.121. The van der Waals surface area contributed by atoms with E-state index in [4.69, 9.17) is 0 Å². The highest BCUT2D eigenvalue weighted by Crippen LogP contribution is 2.17. The van der Waals surface area contributed by atoms with Crippen molar-refractivity contribution in [3.63, 3.8) is 0 Å². The smallest absolute Gasteiger partial charge is 0.254 e. The van der Waals surface area contributed by atoms with Crippen molar-refractivity contribution in [2.45, 2.75) is 52.1 Å². The van der Waals surface area contributed by atoms with Crippen LogP contribution in [-0.2, 0) is 24.2 Å². The first-order valence-electron chi connectivity index (χ1n) is 9.18. The second kappa shape index (κ2) is 8.60. The van der Waals surface area contributed by atoms with Gasteiger partial charge in [0.1, 0.15) is 5.82 Å². The van der Waals surface area contributed by atoms with Gasteiger partial charge in [-0.3, -0.25) is 14.5 Å². The van der Waals surface area contributed by atoms with E-state index in [0.29, 0.717) is 23.5 Å². The Kier molecular flexibility index (Phi) is 6.21. The molecule has 1 aliphatic rings. The van der Waals surface area contributed by atoms with Gasteiger partial charge in [-0.25, -0.2) is 4.98 Å². The summed E-state index contributed by atoms with van der Waals surface area (Å²) in [6, 6.07) is 4.43. The molecule has 2 aromatic rings. The number of rotatable bonds is 6. The molecule has 140 valence electrons. The van der Waals surface area contributed by atoms with E-state index < -0.39 is 0 Å². The third-order valence-electron chi connectivity index (χ3n) is 4.86. The number of thiophene rings is 1. The second-order valence-corrected chi connectivity index (χ2v) is 7.84. The summed E-state index contributed by atoms with van der Waals surface area (Å²) in [6.07, 6.45) is 2.65. The molecule has 7 heteroatoms. The fourth-order valence-corrected chi connectivity index (χ4v) is 4.09. The number of nitrogens with zero attached hydrogens (tertiary/aromatic N) is 2. The van der Waals surface area contributed by atoms with E-state index in [0.717, 1.165) is 32.5 Å². The molecule has 0 bridgehead atoms. The Morgan fingerprint density at radius 1 is 1.42 bits per heavy atom. The number of hydrogen-bond acceptors (Lipinski definition) is 5. The lowest BCUT2D eigenvalue weighted by Gasteiger charge is -2.32. The Bertz CT molecular complexity index is 792. The van der Waals surface area contributed by atoms with E-state index in [9.17, 15) is 9.59 Å². The van der Waals surface area contributed by atoms with E-state index in [-0.39, 0.29) is 23.9 Å². The minimum atomic E-state index is -0.199. The Hall–Kier alpha value is -1.99. The van der Waals surface area contributed by atoms with Crippen LogP contribution < -0.4 is 10.9 Å². The number of nitrogens with one attached hydrogen (secondary N) is 2. The van der Waals surface area contributed by atoms with Gasteiger partial charge in [0.05, 0.1) is 6.42 Å². The maximum absolute atomic E-state index is 12.4. The highest BCUT2D eigenvalue weighted by Gasteiger charge is 2.22. The van der Waals surface area contributed by atoms with Crippen LogP contribution in [-0.4, -0.2) is 39.9 Å². The molecule has 0 unspecified atom stereocenters. The normalized spacial score (nSPS) is 15.9. The Morgan fingerprint density at radius 3 is 2.81 bits per heavy atom. The molecule has 0 aliphatic carbocycles. The van der Waals surface area contributed by atoms with Crippen molar-refractivity contribution in [2.24, 2.45) is 0 Å². The first-order chi connectivity index (χ1) is 12.5. The van der Waals surface area contributed by atoms with Crippen molar-refractivity contribution >= 4 is 17.2 Å². The highest BCUT2D eigenvalue weighted by molar-refractivity contribution is 7.09. The molecular weight excluding hydrogens is 348 g/mol. The van der Waals surface area contributed by atoms with Gasteiger partial charge in [0, 0.05) is 48.2 Å². The van der Waals surface area contributed by atoms with Crippen LogP contribution >= 0.6 is 11.3 Å². The monoisotopic (exact) mass is 374 g/mol. The lowest BCUT2D eigenvalue weighted by Crippen LogP contribution is -2.45. The summed E-state index contributed by atoms with van der Waals surface area (Å²) in [4.78, 5) is 35.4. The summed E-state index contributed by atoms with van der Waals surface area (Å²) in [6.45, 7) is 6.68. The predicted octanol–water partition coefficient (Wildman–Crippen LogP) is 2.03. The van der Waals surface area contributed by atoms with Crippen molar-refractivity contribution in [1.29, 1.82) is 0 Å². The molecule has 1 aliphatic heterocycles. The minimum Gasteiger partial charge on any atom is -0.353 e. The van der Waals surface area contributed by atoms with E-state index in [1.165, 1.54) is 4.88 Å². The van der Waals surface area contributed by atoms with Crippen molar-refractivity contribution in [1.82, 2.24) is 20.2 Å². The fraction of sp³-hybridized carbons (Fsp3) is 0.526. The van der Waals surface area contributed by atoms with Gasteiger partial charge < -0.3 is 10.3 Å². The molecule has 0 atom stereocenters. The number of piperidine rings is 1. The molecule has 3 heterocycles. The molecule has 1 amide bonds. The van der Waals surface area contributed by atoms with Gasteiger partial charge in [-0.15, -0.1) is 11.3 Å². The zero-order chi connectivity index (χ0) is 18.5. The van der Waals surface area contributed by atoms with E-state index in [1.54, 1.807) is 18.3 Å². The third-order valence-corrected chi connectivity index (χ3v) is 5.72. The largest absolute Gasteiger partial charge is 0.353 e. The second-order valence-electron chi connectivity index (χ2n) is 6.80. The van der Waals surface area contributed by atoms with Crippen LogP contribution in [0.2, 0.25) is 0 Å². The number of likely N-dealkylation sites (tertiary alicyclic amines) is 1. The van der Waals surface area contributed by atoms with Gasteiger partial charge in [0.2, 0.25) is 5.91 Å². The number of hydrogen-bond donors (Lipinski definition) is 2. The molecule has 0 spiro atoms. The fourth-order valence-electron chi connectivity index (χ4n) is 3.34. The molecule has 6 nitrogen and oxygen atoms in total. The summed E-state index contributed by atoms with van der Waals surface area (Å²) < 4.78 is 0. The lowest BCUT2D eigenvalue weighted by atomic mass is 10.0. The highest BCUT2D eigenvalue weighted by atomic mass is 32.1. The van der Waals surface area contributed by atoms with Gasteiger partial charge in [0.25, 0.3) is 5.56 Å². The summed E-state index contributed by atoms with van der Waals surface area (Å²) in [7, 11) is 0. The SMILES string of the molecule is CCc1nc(C)c(CC(=O)NC2CCN(Cc3cccs3)CC2)c(=O)[nH]1. The zero-order valence-corrected chi connectivity index (χ0v) is 16.2. The standard InChI is InChI=1S/C19H26N4O2S/c1-3-17-20-13(2)16(19(25)22-17)11-18(24)21-14-6-8-23(9-7-14)12-15-5-4-10-26-15/h4-5,10,14H,3,6-9,11-12H2,1-2H3,(H,21,24)(H,20,22,25). The number of H-pyrrole nitrogens is 1. The molecule has 2 N–H and O–H groups in total. The molecule has 0 radical (unpaired) electrons. The number of aryl methyl sites for hydroxylation is 2. The van der Waals surface area contributed by atoms with Gasteiger partial charge in [-0.05, 0) is 31.2 Å². The van der Waals surface area contributed by atoms with Crippen LogP contribution in [0.25, 0.3) is 0 Å². The molecule has 2 aromatic heterocycles. The number of amides is 1. The van der Waals surface area contributed by atoms with Crippen LogP contribution in [0.4, 0.5) is 0 Å². The van der Waals surface area contributed by atoms with Gasteiger partial charge in [0.15, 0.2) is 0 Å². The van der Waals surface area contributed by atoms with Gasteiger partial charge in [-0.2, -0.15) is 0 Å². The first-order valence-corrected chi connectivity index (χ1v) is 10.1. The molecule has 0 saturated carbocycles. The molecule has 1 fully saturated rings. The number of aromatic nitrogens is 2. The van der Waals surface area contributed by atoms with Crippen LogP contribution in [0.3, 0.4) is 0 Å². The average Bonchev–Trinajstić information content (AvgIpc) is 3.12. The Morgan fingerprint density at radius 2 is 2.19 bits per heavy atom. The number of carbonyl (C=O) groups is 1. The van der Waals surface area contributed by atoms with Crippen molar-refractivity contribution < 1.29 is 4.79 Å². The van der Waals surface area contributed by atoms with Crippen LogP contribution in [0, 0.1) is 6.92 Å². The average molecular weight is 375 g/mol. The van der Waals surface area contributed by atoms with Crippen LogP contribution in [0.15, 0.2) is 22.3 Å². The maximum atomic E-state index is 12.4. The van der Waals surface area contributed by atoms with Crippen molar-refractivity contribution in [3.8, 4) is 0 Å². The number of aromatic amines is 1. The maximum Gasteiger partial charge on any atom is 0.254 e. The quantitative estimate of drug-likeness (QED) is 0.811. The van der Waals surface area contributed by atoms with Crippen LogP contribution in [0.5, 0.6) is 0 Å². The molecule has 1 saturated heterocycles. The van der Waals surface area contributed by atoms with Crippen molar-refractivity contribution in [3.05, 3.63) is 49.8 Å². The first kappa shape index (κ1) is 18.8. The zero-order valence-electron chi connectivity index (χ0n) is 15.4. The Balaban J connectivity index is 1.50. The predicted molar refractivity (Wildman–Crippen MR) is 103 cm³/mol. The third kappa shape index (κ3) is 4.80. The molecule has 26 heavy (non-hydrogen) atoms. The minimum absolute atomic E-state index is 0.0908. The molecule has 0 aromatic carbocycles. The summed E-state index contributed by atoms with van der Waals surface area (Å²) >= 11 is 1.78. The Labute approximate surface area is 157 Å². The molecular formula is C19H26N4O2S. The van der Waals surface area contributed by atoms with E-state index in [2.05, 4.69) is 37.7 Å². The topological polar surface area (TPSA) is 78.1 Å². The van der Waals surface area contributed by atoms with E-state index in [1.807, 2.05) is 6.92 Å². The summed E-state index contributed by atoms with van der Waals surface area (Å²) in [5, 5.41) is 5.19. The molecule has 3 rings (SSSR count). The van der Waals surface area contributed by atoms with E-state index >= 15 is 0 Å². The summed E-state index contributed by atoms with van der Waals surface area (Å²) in [5.74, 6) is 0.566. The summed E-state index contributed by atoms with van der Waals surface area (Å²) in [5.41, 5.74) is 0.914. The van der Waals surface area contributed by atoms with Crippen LogP contribution in [0.1, 0.15) is 41.7 Å². The van der Waals surface area contributed by atoms with Crippen molar-refractivity contribution in [2.75, 3.05) is 13.1 Å².